The summed E-state index contributed by atoms with van der Waals surface area (Å²) in [5.74, 6) is 1.09. The molecular weight excluding hydrogens is 356 g/mol. The van der Waals surface area contributed by atoms with Crippen molar-refractivity contribution in [2.75, 3.05) is 69.5 Å². The Hall–Kier alpha value is -2.93. The Labute approximate surface area is 166 Å². The molecule has 0 aliphatic carbocycles. The maximum atomic E-state index is 12.3. The fraction of sp³-hybridized carbons (Fsp3) is 0.381. The molecule has 0 spiro atoms. The summed E-state index contributed by atoms with van der Waals surface area (Å²) >= 11 is 0. The number of carbonyl (C=O) groups is 1. The van der Waals surface area contributed by atoms with Gasteiger partial charge in [-0.15, -0.1) is 0 Å². The molecule has 1 amide bonds. The van der Waals surface area contributed by atoms with E-state index in [2.05, 4.69) is 39.6 Å². The lowest BCUT2D eigenvalue weighted by Crippen LogP contribution is -2.44. The molecule has 7 nitrogen and oxygen atoms in total. The minimum Gasteiger partial charge on any atom is -0.497 e. The first kappa shape index (κ1) is 19.8. The number of hydrogen-bond acceptors (Lipinski definition) is 6. The van der Waals surface area contributed by atoms with Gasteiger partial charge in [0.2, 0.25) is 5.91 Å². The number of piperazine rings is 1. The topological polar surface area (TPSA) is 66.1 Å². The minimum atomic E-state index is -0.147. The van der Waals surface area contributed by atoms with Crippen molar-refractivity contribution in [3.05, 3.63) is 42.5 Å². The van der Waals surface area contributed by atoms with Gasteiger partial charge in [0.25, 0.3) is 0 Å². The summed E-state index contributed by atoms with van der Waals surface area (Å²) in [6, 6.07) is 13.5. The van der Waals surface area contributed by atoms with Gasteiger partial charge in [-0.25, -0.2) is 0 Å². The van der Waals surface area contributed by atoms with Crippen molar-refractivity contribution in [1.29, 1.82) is 0 Å². The van der Waals surface area contributed by atoms with Crippen molar-refractivity contribution in [1.82, 2.24) is 4.90 Å². The van der Waals surface area contributed by atoms with Crippen LogP contribution < -0.4 is 25.0 Å². The Morgan fingerprint density at radius 1 is 1.00 bits per heavy atom. The Balaban J connectivity index is 1.52. The normalized spacial score (nSPS) is 14.5. The lowest BCUT2D eigenvalue weighted by atomic mass is 10.2. The van der Waals surface area contributed by atoms with Crippen LogP contribution in [0.4, 0.5) is 17.1 Å². The molecule has 0 aromatic heterocycles. The minimum absolute atomic E-state index is 0.147. The van der Waals surface area contributed by atoms with E-state index in [1.165, 1.54) is 5.69 Å². The first-order valence-electron chi connectivity index (χ1n) is 9.38. The summed E-state index contributed by atoms with van der Waals surface area (Å²) in [5, 5.41) is 6.01. The fourth-order valence-electron chi connectivity index (χ4n) is 3.13. The van der Waals surface area contributed by atoms with Crippen LogP contribution >= 0.6 is 0 Å². The molecule has 0 saturated carbocycles. The molecule has 1 aliphatic heterocycles. The summed E-state index contributed by atoms with van der Waals surface area (Å²) in [4.78, 5) is 17.0. The molecule has 2 aromatic rings. The van der Waals surface area contributed by atoms with E-state index in [4.69, 9.17) is 9.47 Å². The number of carbonyl (C=O) groups excluding carboxylic acids is 1. The highest BCUT2D eigenvalue weighted by Crippen LogP contribution is 2.29. The molecule has 0 unspecified atom stereocenters. The SMILES string of the molecule is COc1ccc(NC(=O)CNc2ccc(N3CCN(C)CC3)cc2)c(OC)c1. The first-order chi connectivity index (χ1) is 13.6. The van der Waals surface area contributed by atoms with Crippen molar-refractivity contribution < 1.29 is 14.3 Å². The lowest BCUT2D eigenvalue weighted by molar-refractivity contribution is -0.114. The summed E-state index contributed by atoms with van der Waals surface area (Å²) in [6.07, 6.45) is 0. The molecule has 7 heteroatoms. The van der Waals surface area contributed by atoms with Crippen LogP contribution in [0.15, 0.2) is 42.5 Å². The van der Waals surface area contributed by atoms with Gasteiger partial charge >= 0.3 is 0 Å². The van der Waals surface area contributed by atoms with Crippen LogP contribution in [0.3, 0.4) is 0 Å². The molecule has 150 valence electrons. The van der Waals surface area contributed by atoms with Crippen LogP contribution in [-0.4, -0.2) is 64.8 Å². The van der Waals surface area contributed by atoms with Crippen LogP contribution in [-0.2, 0) is 4.79 Å². The quantitative estimate of drug-likeness (QED) is 0.765. The highest BCUT2D eigenvalue weighted by molar-refractivity contribution is 5.95. The summed E-state index contributed by atoms with van der Waals surface area (Å²) < 4.78 is 10.5. The molecule has 0 atom stereocenters. The van der Waals surface area contributed by atoms with Crippen LogP contribution in [0.25, 0.3) is 0 Å². The predicted octanol–water partition coefficient (Wildman–Crippen LogP) is 2.51. The molecule has 0 radical (unpaired) electrons. The summed E-state index contributed by atoms with van der Waals surface area (Å²) in [5.41, 5.74) is 2.74. The first-order valence-corrected chi connectivity index (χ1v) is 9.38. The third-order valence-electron chi connectivity index (χ3n) is 4.87. The van der Waals surface area contributed by atoms with Gasteiger partial charge in [0, 0.05) is 43.6 Å². The Kier molecular flexibility index (Phi) is 6.60. The van der Waals surface area contributed by atoms with Crippen molar-refractivity contribution in [2.24, 2.45) is 0 Å². The molecule has 0 bridgehead atoms. The van der Waals surface area contributed by atoms with Gasteiger partial charge in [-0.3, -0.25) is 4.79 Å². The van der Waals surface area contributed by atoms with Crippen LogP contribution in [0.5, 0.6) is 11.5 Å². The van der Waals surface area contributed by atoms with Gasteiger partial charge in [0.05, 0.1) is 26.5 Å². The van der Waals surface area contributed by atoms with E-state index >= 15 is 0 Å². The van der Waals surface area contributed by atoms with Crippen LogP contribution in [0.2, 0.25) is 0 Å². The summed E-state index contributed by atoms with van der Waals surface area (Å²) in [7, 11) is 5.30. The van der Waals surface area contributed by atoms with Crippen molar-refractivity contribution in [3.63, 3.8) is 0 Å². The standard InChI is InChI=1S/C21H28N4O3/c1-24-10-12-25(13-11-24)17-6-4-16(5-7-17)22-15-21(26)23-19-9-8-18(27-2)14-20(19)28-3/h4-9,14,22H,10-13,15H2,1-3H3,(H,23,26). The molecule has 1 heterocycles. The Bertz CT molecular complexity index is 787. The smallest absolute Gasteiger partial charge is 0.243 e. The van der Waals surface area contributed by atoms with E-state index in [1.807, 2.05) is 12.1 Å². The van der Waals surface area contributed by atoms with Gasteiger partial charge in [0.1, 0.15) is 11.5 Å². The van der Waals surface area contributed by atoms with E-state index in [0.29, 0.717) is 17.2 Å². The molecule has 1 aliphatic rings. The van der Waals surface area contributed by atoms with Crippen LogP contribution in [0, 0.1) is 0 Å². The molecular formula is C21H28N4O3. The van der Waals surface area contributed by atoms with Gasteiger partial charge in [-0.2, -0.15) is 0 Å². The number of likely N-dealkylation sites (N-methyl/N-ethyl adjacent to an activating group) is 1. The number of ether oxygens (including phenoxy) is 2. The molecule has 1 saturated heterocycles. The van der Waals surface area contributed by atoms with Gasteiger partial charge in [-0.05, 0) is 43.4 Å². The number of rotatable bonds is 7. The number of amides is 1. The van der Waals surface area contributed by atoms with E-state index in [9.17, 15) is 4.79 Å². The highest BCUT2D eigenvalue weighted by atomic mass is 16.5. The molecule has 1 fully saturated rings. The number of anilines is 3. The van der Waals surface area contributed by atoms with Gasteiger partial charge < -0.3 is 29.9 Å². The number of nitrogens with zero attached hydrogens (tertiary/aromatic N) is 2. The third-order valence-corrected chi connectivity index (χ3v) is 4.87. The second kappa shape index (κ2) is 9.32. The highest BCUT2D eigenvalue weighted by Gasteiger charge is 2.14. The van der Waals surface area contributed by atoms with Gasteiger partial charge in [0.15, 0.2) is 0 Å². The third kappa shape index (κ3) is 5.07. The zero-order valence-electron chi connectivity index (χ0n) is 16.7. The van der Waals surface area contributed by atoms with E-state index in [1.54, 1.807) is 32.4 Å². The average molecular weight is 384 g/mol. The van der Waals surface area contributed by atoms with Gasteiger partial charge in [-0.1, -0.05) is 0 Å². The van der Waals surface area contributed by atoms with E-state index in [0.717, 1.165) is 31.9 Å². The maximum absolute atomic E-state index is 12.3. The van der Waals surface area contributed by atoms with Crippen molar-refractivity contribution >= 4 is 23.0 Å². The van der Waals surface area contributed by atoms with E-state index < -0.39 is 0 Å². The number of hydrogen-bond donors (Lipinski definition) is 2. The maximum Gasteiger partial charge on any atom is 0.243 e. The predicted molar refractivity (Wildman–Crippen MR) is 113 cm³/mol. The number of methoxy groups -OCH3 is 2. The zero-order valence-corrected chi connectivity index (χ0v) is 16.7. The van der Waals surface area contributed by atoms with Crippen molar-refractivity contribution in [2.45, 2.75) is 0 Å². The summed E-state index contributed by atoms with van der Waals surface area (Å²) in [6.45, 7) is 4.40. The van der Waals surface area contributed by atoms with Crippen molar-refractivity contribution in [3.8, 4) is 11.5 Å². The largest absolute Gasteiger partial charge is 0.497 e. The lowest BCUT2D eigenvalue weighted by Gasteiger charge is -2.34. The fourth-order valence-corrected chi connectivity index (χ4v) is 3.13. The number of nitrogens with one attached hydrogen (secondary N) is 2. The Morgan fingerprint density at radius 3 is 2.36 bits per heavy atom. The second-order valence-corrected chi connectivity index (χ2v) is 6.81. The molecule has 3 rings (SSSR count). The second-order valence-electron chi connectivity index (χ2n) is 6.81. The molecule has 2 aromatic carbocycles. The van der Waals surface area contributed by atoms with Crippen LogP contribution in [0.1, 0.15) is 0 Å². The average Bonchev–Trinajstić information content (AvgIpc) is 2.73. The molecule has 28 heavy (non-hydrogen) atoms. The zero-order chi connectivity index (χ0) is 19.9. The Morgan fingerprint density at radius 2 is 1.71 bits per heavy atom. The van der Waals surface area contributed by atoms with E-state index in [-0.39, 0.29) is 12.5 Å². The monoisotopic (exact) mass is 384 g/mol. The molecule has 2 N–H and O–H groups in total. The number of benzene rings is 2.